The predicted octanol–water partition coefficient (Wildman–Crippen LogP) is 2.70. The third kappa shape index (κ3) is 2.73. The predicted molar refractivity (Wildman–Crippen MR) is 80.9 cm³/mol. The molecule has 1 aromatic carbocycles. The van der Waals surface area contributed by atoms with Crippen LogP contribution in [0.2, 0.25) is 0 Å². The van der Waals surface area contributed by atoms with Gasteiger partial charge < -0.3 is 14.7 Å². The quantitative estimate of drug-likeness (QED) is 0.944. The highest BCUT2D eigenvalue weighted by Gasteiger charge is 2.30. The zero-order valence-electron chi connectivity index (χ0n) is 11.6. The van der Waals surface area contributed by atoms with Crippen LogP contribution in [0.15, 0.2) is 24.3 Å². The number of benzene rings is 1. The summed E-state index contributed by atoms with van der Waals surface area (Å²) in [6.07, 6.45) is 2.48. The van der Waals surface area contributed by atoms with Crippen molar-refractivity contribution < 1.29 is 9.84 Å². The Kier molecular flexibility index (Phi) is 3.27. The molecule has 1 aromatic heterocycles. The van der Waals surface area contributed by atoms with Gasteiger partial charge in [-0.25, -0.2) is 0 Å². The molecule has 0 unspecified atom stereocenters. The summed E-state index contributed by atoms with van der Waals surface area (Å²) < 4.78 is 5.84. The van der Waals surface area contributed by atoms with Crippen LogP contribution < -0.4 is 4.90 Å². The maximum atomic E-state index is 9.61. The monoisotopic (exact) mass is 303 g/mol. The minimum atomic E-state index is -0.0286. The minimum Gasteiger partial charge on any atom is -0.508 e. The van der Waals surface area contributed by atoms with Gasteiger partial charge in [0.05, 0.1) is 13.2 Å². The third-order valence-electron chi connectivity index (χ3n) is 3.94. The second kappa shape index (κ2) is 5.27. The Morgan fingerprint density at radius 1 is 1.29 bits per heavy atom. The first kappa shape index (κ1) is 13.0. The molecule has 0 radical (unpaired) electrons. The number of morpholine rings is 1. The number of anilines is 1. The fourth-order valence-electron chi connectivity index (χ4n) is 2.60. The normalized spacial score (nSPS) is 22.5. The van der Waals surface area contributed by atoms with Crippen LogP contribution in [0.5, 0.6) is 5.75 Å². The first-order valence-electron chi connectivity index (χ1n) is 7.28. The number of nitrogens with zero attached hydrogens (tertiary/aromatic N) is 3. The van der Waals surface area contributed by atoms with Gasteiger partial charge in [-0.2, -0.15) is 0 Å². The number of hydrogen-bond donors (Lipinski definition) is 1. The third-order valence-corrected chi connectivity index (χ3v) is 5.08. The van der Waals surface area contributed by atoms with E-state index < -0.39 is 0 Å². The van der Waals surface area contributed by atoms with Crippen molar-refractivity contribution in [2.24, 2.45) is 0 Å². The van der Waals surface area contributed by atoms with Crippen LogP contribution in [-0.2, 0) is 4.74 Å². The molecule has 21 heavy (non-hydrogen) atoms. The van der Waals surface area contributed by atoms with Gasteiger partial charge in [-0.05, 0) is 30.5 Å². The van der Waals surface area contributed by atoms with Crippen molar-refractivity contribution >= 4 is 16.5 Å². The maximum absolute atomic E-state index is 9.61. The highest BCUT2D eigenvalue weighted by molar-refractivity contribution is 7.15. The summed E-state index contributed by atoms with van der Waals surface area (Å²) in [6, 6.07) is 7.29. The molecule has 0 amide bonds. The summed E-state index contributed by atoms with van der Waals surface area (Å²) in [4.78, 5) is 2.24. The van der Waals surface area contributed by atoms with E-state index in [1.807, 2.05) is 12.1 Å². The summed E-state index contributed by atoms with van der Waals surface area (Å²) in [7, 11) is 0. The van der Waals surface area contributed by atoms with Crippen molar-refractivity contribution in [1.29, 1.82) is 0 Å². The minimum absolute atomic E-state index is 0.0286. The molecule has 2 aliphatic rings. The molecule has 1 saturated heterocycles. The number of ether oxygens (including phenoxy) is 1. The standard InChI is InChI=1S/C15H17N3O2S/c19-12-3-1-2-11(8-12)13-9-18(6-7-20-13)15-17-16-14(21-15)10-4-5-10/h1-3,8,10,13,19H,4-7,9H2/t13-/m0/s1. The summed E-state index contributed by atoms with van der Waals surface area (Å²) in [5, 5.41) is 20.4. The van der Waals surface area contributed by atoms with Gasteiger partial charge in [0.1, 0.15) is 16.9 Å². The van der Waals surface area contributed by atoms with Gasteiger partial charge in [-0.1, -0.05) is 23.5 Å². The fourth-order valence-corrected chi connectivity index (χ4v) is 3.65. The lowest BCUT2D eigenvalue weighted by molar-refractivity contribution is 0.0396. The summed E-state index contributed by atoms with van der Waals surface area (Å²) in [5.41, 5.74) is 1.01. The SMILES string of the molecule is Oc1cccc([C@@H]2CN(c3nnc(C4CC4)s3)CCO2)c1. The molecule has 2 aromatic rings. The molecular formula is C15H17N3O2S. The highest BCUT2D eigenvalue weighted by Crippen LogP contribution is 2.43. The Hall–Kier alpha value is -1.66. The largest absolute Gasteiger partial charge is 0.508 e. The first-order chi connectivity index (χ1) is 10.3. The summed E-state index contributed by atoms with van der Waals surface area (Å²) in [6.45, 7) is 2.26. The van der Waals surface area contributed by atoms with Gasteiger partial charge in [0.15, 0.2) is 0 Å². The average Bonchev–Trinajstić information content (AvgIpc) is 3.25. The van der Waals surface area contributed by atoms with E-state index in [1.54, 1.807) is 23.5 Å². The molecule has 0 bridgehead atoms. The van der Waals surface area contributed by atoms with Crippen LogP contribution in [0.3, 0.4) is 0 Å². The molecule has 5 nitrogen and oxygen atoms in total. The molecule has 1 atom stereocenters. The lowest BCUT2D eigenvalue weighted by atomic mass is 10.1. The lowest BCUT2D eigenvalue weighted by Gasteiger charge is -2.32. The van der Waals surface area contributed by atoms with Crippen molar-refractivity contribution in [3.8, 4) is 5.75 Å². The Labute approximate surface area is 127 Å². The molecule has 2 fully saturated rings. The number of phenols is 1. The van der Waals surface area contributed by atoms with Crippen molar-refractivity contribution in [2.75, 3.05) is 24.6 Å². The summed E-state index contributed by atoms with van der Waals surface area (Å²) >= 11 is 1.71. The number of rotatable bonds is 3. The van der Waals surface area contributed by atoms with Crippen LogP contribution in [0, 0.1) is 0 Å². The molecule has 1 aliphatic heterocycles. The van der Waals surface area contributed by atoms with E-state index in [2.05, 4.69) is 15.1 Å². The molecule has 110 valence electrons. The Bertz CT molecular complexity index is 641. The Morgan fingerprint density at radius 3 is 3.00 bits per heavy atom. The van der Waals surface area contributed by atoms with Crippen LogP contribution in [0.4, 0.5) is 5.13 Å². The maximum Gasteiger partial charge on any atom is 0.208 e. The van der Waals surface area contributed by atoms with E-state index in [4.69, 9.17) is 4.74 Å². The van der Waals surface area contributed by atoms with Crippen molar-refractivity contribution in [3.63, 3.8) is 0 Å². The fraction of sp³-hybridized carbons (Fsp3) is 0.467. The van der Waals surface area contributed by atoms with E-state index in [0.29, 0.717) is 12.5 Å². The molecule has 1 N–H and O–H groups in total. The second-order valence-electron chi connectivity index (χ2n) is 5.60. The summed E-state index contributed by atoms with van der Waals surface area (Å²) in [5.74, 6) is 0.930. The zero-order valence-corrected chi connectivity index (χ0v) is 12.4. The highest BCUT2D eigenvalue weighted by atomic mass is 32.1. The lowest BCUT2D eigenvalue weighted by Crippen LogP contribution is -2.38. The number of aromatic nitrogens is 2. The number of hydrogen-bond acceptors (Lipinski definition) is 6. The van der Waals surface area contributed by atoms with E-state index in [-0.39, 0.29) is 11.9 Å². The molecule has 6 heteroatoms. The molecule has 2 heterocycles. The molecule has 1 aliphatic carbocycles. The van der Waals surface area contributed by atoms with E-state index in [1.165, 1.54) is 17.8 Å². The van der Waals surface area contributed by atoms with Crippen LogP contribution in [0.25, 0.3) is 0 Å². The van der Waals surface area contributed by atoms with Gasteiger partial charge in [0.25, 0.3) is 0 Å². The second-order valence-corrected chi connectivity index (χ2v) is 6.59. The Morgan fingerprint density at radius 2 is 2.19 bits per heavy atom. The molecule has 0 spiro atoms. The van der Waals surface area contributed by atoms with Crippen LogP contribution >= 0.6 is 11.3 Å². The van der Waals surface area contributed by atoms with E-state index in [9.17, 15) is 5.11 Å². The van der Waals surface area contributed by atoms with Crippen LogP contribution in [0.1, 0.15) is 35.4 Å². The van der Waals surface area contributed by atoms with Crippen molar-refractivity contribution in [2.45, 2.75) is 24.9 Å². The molecule has 1 saturated carbocycles. The number of aromatic hydroxyl groups is 1. The topological polar surface area (TPSA) is 58.5 Å². The van der Waals surface area contributed by atoms with Gasteiger partial charge in [-0.3, -0.25) is 0 Å². The van der Waals surface area contributed by atoms with Gasteiger partial charge in [-0.15, -0.1) is 10.2 Å². The van der Waals surface area contributed by atoms with E-state index in [0.717, 1.165) is 23.8 Å². The van der Waals surface area contributed by atoms with Crippen LogP contribution in [-0.4, -0.2) is 35.0 Å². The smallest absolute Gasteiger partial charge is 0.208 e. The number of phenolic OH excluding ortho intramolecular Hbond substituents is 1. The Balaban J connectivity index is 1.51. The first-order valence-corrected chi connectivity index (χ1v) is 8.10. The molecule has 4 rings (SSSR count). The van der Waals surface area contributed by atoms with Gasteiger partial charge in [0.2, 0.25) is 5.13 Å². The average molecular weight is 303 g/mol. The van der Waals surface area contributed by atoms with Gasteiger partial charge >= 0.3 is 0 Å². The van der Waals surface area contributed by atoms with Gasteiger partial charge in [0, 0.05) is 12.5 Å². The van der Waals surface area contributed by atoms with Crippen molar-refractivity contribution in [3.05, 3.63) is 34.8 Å². The van der Waals surface area contributed by atoms with E-state index >= 15 is 0 Å². The molecular weight excluding hydrogens is 286 g/mol. The zero-order chi connectivity index (χ0) is 14.2. The van der Waals surface area contributed by atoms with Crippen molar-refractivity contribution in [1.82, 2.24) is 10.2 Å².